The minimum absolute atomic E-state index is 0.190. The summed E-state index contributed by atoms with van der Waals surface area (Å²) >= 11 is 2.38. The zero-order valence-electron chi connectivity index (χ0n) is 9.92. The van der Waals surface area contributed by atoms with Gasteiger partial charge in [0.05, 0.1) is 5.60 Å². The van der Waals surface area contributed by atoms with E-state index >= 15 is 0 Å². The topological polar surface area (TPSA) is 12.5 Å². The third-order valence-electron chi connectivity index (χ3n) is 3.29. The van der Waals surface area contributed by atoms with Crippen molar-refractivity contribution in [3.8, 4) is 0 Å². The zero-order valence-corrected chi connectivity index (χ0v) is 11.2. The summed E-state index contributed by atoms with van der Waals surface area (Å²) in [5.41, 5.74) is 0.190. The summed E-state index contributed by atoms with van der Waals surface area (Å²) in [6.45, 7) is 5.59. The minimum atomic E-state index is 0.190. The van der Waals surface area contributed by atoms with Gasteiger partial charge in [-0.2, -0.15) is 13.3 Å². The van der Waals surface area contributed by atoms with Crippen LogP contribution in [0.3, 0.4) is 0 Å². The van der Waals surface area contributed by atoms with Crippen molar-refractivity contribution in [2.24, 2.45) is 0 Å². The molecule has 2 rings (SSSR count). The molecule has 0 radical (unpaired) electrons. The zero-order chi connectivity index (χ0) is 11.3. The molecule has 2 saturated heterocycles. The first-order valence-electron chi connectivity index (χ1n) is 5.63. The molecule has 0 aromatic heterocycles. The fraction of sp³-hybridized carbons (Fsp3) is 0.833. The van der Waals surface area contributed by atoms with Gasteiger partial charge in [0.1, 0.15) is 0 Å². The van der Waals surface area contributed by atoms with Crippen LogP contribution in [0.5, 0.6) is 0 Å². The second kappa shape index (κ2) is 6.16. The quantitative estimate of drug-likeness (QED) is 0.606. The van der Waals surface area contributed by atoms with E-state index in [0.29, 0.717) is 0 Å². The Bertz CT molecular complexity index is 178. The van der Waals surface area contributed by atoms with Gasteiger partial charge in [-0.15, -0.1) is 6.42 Å². The van der Waals surface area contributed by atoms with E-state index in [1.807, 2.05) is 0 Å². The standard InChI is InChI=1S/C11H20NO.CH2.Cr/c1-10-4-7-13-11(8-10)5-3-6-12(2)9-11;;/h3-9H2,1-2H3;1H2;/q-1;;. The number of likely N-dealkylation sites (tertiary alicyclic amines) is 1. The number of ether oxygens (including phenoxy) is 1. The van der Waals surface area contributed by atoms with Crippen molar-refractivity contribution in [3.05, 3.63) is 5.92 Å². The molecular formula is C12H22CrNO-. The summed E-state index contributed by atoms with van der Waals surface area (Å²) in [5.74, 6) is 1.63. The van der Waals surface area contributed by atoms with Crippen LogP contribution < -0.4 is 0 Å². The van der Waals surface area contributed by atoms with Gasteiger partial charge < -0.3 is 15.6 Å². The molecule has 1 unspecified atom stereocenters. The monoisotopic (exact) mass is 248 g/mol. The third-order valence-corrected chi connectivity index (χ3v) is 3.29. The van der Waals surface area contributed by atoms with Gasteiger partial charge in [-0.05, 0) is 26.4 Å². The molecule has 2 fully saturated rings. The van der Waals surface area contributed by atoms with Crippen LogP contribution in [0.4, 0.5) is 0 Å². The van der Waals surface area contributed by atoms with Crippen molar-refractivity contribution in [1.29, 1.82) is 0 Å². The van der Waals surface area contributed by atoms with E-state index in [9.17, 15) is 0 Å². The van der Waals surface area contributed by atoms with E-state index in [2.05, 4.69) is 40.1 Å². The first-order valence-corrected chi connectivity index (χ1v) is 6.53. The number of rotatable bonds is 0. The van der Waals surface area contributed by atoms with Gasteiger partial charge in [0.15, 0.2) is 0 Å². The summed E-state index contributed by atoms with van der Waals surface area (Å²) in [4.78, 5) is 2.40. The number of hydrogen-bond acceptors (Lipinski definition) is 2. The van der Waals surface area contributed by atoms with Gasteiger partial charge in [-0.1, -0.05) is 0 Å². The Hall–Kier alpha value is 0.322. The SMILES string of the molecule is C[C-]1CCOC2(CCCN(C)C2)C1.[CH2]=[Cr]. The van der Waals surface area contributed by atoms with E-state index in [1.54, 1.807) is 5.92 Å². The summed E-state index contributed by atoms with van der Waals surface area (Å²) in [7, 11) is 2.20. The van der Waals surface area contributed by atoms with Gasteiger partial charge in [-0.25, -0.2) is 0 Å². The Balaban J connectivity index is 0.000000531. The normalized spacial score (nSPS) is 33.5. The molecule has 15 heavy (non-hydrogen) atoms. The fourth-order valence-corrected chi connectivity index (χ4v) is 2.71. The Labute approximate surface area is 102 Å². The molecule has 1 atom stereocenters. The van der Waals surface area contributed by atoms with Crippen LogP contribution >= 0.6 is 0 Å². The summed E-state index contributed by atoms with van der Waals surface area (Å²) in [5, 5.41) is 3.12. The van der Waals surface area contributed by atoms with E-state index in [4.69, 9.17) is 4.74 Å². The Kier molecular flexibility index (Phi) is 5.49. The molecule has 1 spiro atoms. The maximum absolute atomic E-state index is 5.98. The van der Waals surface area contributed by atoms with Gasteiger partial charge in [0.2, 0.25) is 0 Å². The summed E-state index contributed by atoms with van der Waals surface area (Å²) < 4.78 is 5.98. The molecule has 0 aromatic rings. The Morgan fingerprint density at radius 1 is 1.47 bits per heavy atom. The first kappa shape index (κ1) is 13.4. The van der Waals surface area contributed by atoms with Crippen molar-refractivity contribution in [2.75, 3.05) is 26.7 Å². The average Bonchev–Trinajstić information content (AvgIpc) is 2.20. The number of likely N-dealkylation sites (N-methyl/N-ethyl adjacent to an activating group) is 1. The van der Waals surface area contributed by atoms with Crippen LogP contribution in [-0.4, -0.2) is 42.6 Å². The van der Waals surface area contributed by atoms with Crippen molar-refractivity contribution >= 4 is 5.39 Å². The van der Waals surface area contributed by atoms with Crippen LogP contribution in [-0.2, 0) is 20.6 Å². The summed E-state index contributed by atoms with van der Waals surface area (Å²) in [6.07, 6.45) is 4.92. The maximum atomic E-state index is 5.98. The molecule has 0 aromatic carbocycles. The molecule has 2 aliphatic rings. The van der Waals surface area contributed by atoms with Crippen LogP contribution in [0.2, 0.25) is 0 Å². The van der Waals surface area contributed by atoms with Gasteiger partial charge >= 0.3 is 21.2 Å². The molecular weight excluding hydrogens is 226 g/mol. The van der Waals surface area contributed by atoms with Gasteiger partial charge in [0.25, 0.3) is 0 Å². The second-order valence-corrected chi connectivity index (χ2v) is 4.76. The van der Waals surface area contributed by atoms with E-state index < -0.39 is 0 Å². The van der Waals surface area contributed by atoms with Crippen molar-refractivity contribution in [3.63, 3.8) is 0 Å². The van der Waals surface area contributed by atoms with Crippen molar-refractivity contribution < 1.29 is 20.6 Å². The molecule has 0 N–H and O–H groups in total. The number of piperidine rings is 1. The van der Waals surface area contributed by atoms with Gasteiger partial charge in [-0.3, -0.25) is 0 Å². The Morgan fingerprint density at radius 3 is 2.80 bits per heavy atom. The molecule has 0 bridgehead atoms. The van der Waals surface area contributed by atoms with Crippen molar-refractivity contribution in [1.82, 2.24) is 4.90 Å². The van der Waals surface area contributed by atoms with Crippen molar-refractivity contribution in [2.45, 2.75) is 38.2 Å². The van der Waals surface area contributed by atoms with Gasteiger partial charge in [0, 0.05) is 13.2 Å². The Morgan fingerprint density at radius 2 is 2.20 bits per heavy atom. The van der Waals surface area contributed by atoms with Crippen LogP contribution in [0.15, 0.2) is 0 Å². The molecule has 0 aliphatic carbocycles. The number of hydrogen-bond donors (Lipinski definition) is 0. The molecule has 2 aliphatic heterocycles. The van der Waals surface area contributed by atoms with Crippen LogP contribution in [0.1, 0.15) is 32.6 Å². The molecule has 2 nitrogen and oxygen atoms in total. The molecule has 0 saturated carbocycles. The fourth-order valence-electron chi connectivity index (χ4n) is 2.71. The predicted octanol–water partition coefficient (Wildman–Crippen LogP) is 1.82. The number of nitrogens with zero attached hydrogens (tertiary/aromatic N) is 1. The molecule has 0 amide bonds. The van der Waals surface area contributed by atoms with Crippen LogP contribution in [0, 0.1) is 5.92 Å². The predicted molar refractivity (Wildman–Crippen MR) is 60.7 cm³/mol. The third kappa shape index (κ3) is 3.68. The molecule has 2 heterocycles. The summed E-state index contributed by atoms with van der Waals surface area (Å²) in [6, 6.07) is 0. The molecule has 88 valence electrons. The first-order chi connectivity index (χ1) is 7.20. The molecule has 3 heteroatoms. The van der Waals surface area contributed by atoms with Crippen LogP contribution in [0.25, 0.3) is 0 Å². The average molecular weight is 248 g/mol. The van der Waals surface area contributed by atoms with E-state index in [-0.39, 0.29) is 5.60 Å². The van der Waals surface area contributed by atoms with E-state index in [1.165, 1.54) is 32.2 Å². The van der Waals surface area contributed by atoms with E-state index in [0.717, 1.165) is 13.2 Å². The second-order valence-electron chi connectivity index (χ2n) is 4.76.